The highest BCUT2D eigenvalue weighted by atomic mass is 14.7. The van der Waals surface area contributed by atoms with Crippen LogP contribution in [0.2, 0.25) is 0 Å². The van der Waals surface area contributed by atoms with E-state index in [2.05, 4.69) is 36.6 Å². The molecule has 0 fully saturated rings. The Hall–Kier alpha value is -1.44. The molecule has 0 aliphatic carbocycles. The molecule has 0 amide bonds. The van der Waals surface area contributed by atoms with Crippen LogP contribution in [0.15, 0.2) is 28.2 Å². The summed E-state index contributed by atoms with van der Waals surface area (Å²) >= 11 is 0. The van der Waals surface area contributed by atoms with Gasteiger partial charge in [0.05, 0.1) is 5.69 Å². The molecule has 0 bridgehead atoms. The van der Waals surface area contributed by atoms with Crippen molar-refractivity contribution < 1.29 is 0 Å². The van der Waals surface area contributed by atoms with Crippen molar-refractivity contribution in [2.75, 3.05) is 6.54 Å². The fraction of sp³-hybridized carbons (Fsp3) is 0.467. The van der Waals surface area contributed by atoms with Crippen molar-refractivity contribution in [2.24, 2.45) is 9.98 Å². The van der Waals surface area contributed by atoms with Gasteiger partial charge in [0.25, 0.3) is 0 Å². The minimum absolute atomic E-state index is 0.459. The van der Waals surface area contributed by atoms with E-state index in [-0.39, 0.29) is 0 Å². The summed E-state index contributed by atoms with van der Waals surface area (Å²) in [5, 5.41) is 0. The van der Waals surface area contributed by atoms with Crippen LogP contribution in [0.3, 0.4) is 0 Å². The lowest BCUT2D eigenvalue weighted by Gasteiger charge is -2.10. The number of rotatable bonds is 4. The summed E-state index contributed by atoms with van der Waals surface area (Å²) in [5.74, 6) is 0.459. The molecule has 1 aromatic carbocycles. The molecule has 0 radical (unpaired) electrons. The highest BCUT2D eigenvalue weighted by Gasteiger charge is 2.07. The number of para-hydroxylation sites is 1. The van der Waals surface area contributed by atoms with E-state index in [1.165, 1.54) is 5.56 Å². The standard InChI is InChI=1S/C13H18N2.C2H6/c1-5-15-9-11-7-6-8-12(10(2)3)13(11)14-4;1-2/h6-10H,4-5H2,1-3H3;1-2H3. The Morgan fingerprint density at radius 3 is 2.41 bits per heavy atom. The molecule has 0 heterocycles. The average molecular weight is 232 g/mol. The zero-order valence-corrected chi connectivity index (χ0v) is 11.7. The monoisotopic (exact) mass is 232 g/mol. The minimum atomic E-state index is 0.459. The van der Waals surface area contributed by atoms with Crippen LogP contribution < -0.4 is 0 Å². The summed E-state index contributed by atoms with van der Waals surface area (Å²) in [6, 6.07) is 6.16. The van der Waals surface area contributed by atoms with Crippen LogP contribution in [-0.2, 0) is 0 Å². The van der Waals surface area contributed by atoms with Crippen molar-refractivity contribution in [1.29, 1.82) is 0 Å². The number of hydrogen-bond acceptors (Lipinski definition) is 2. The second-order valence-electron chi connectivity index (χ2n) is 3.73. The summed E-state index contributed by atoms with van der Waals surface area (Å²) in [4.78, 5) is 8.34. The first kappa shape index (κ1) is 15.6. The first-order valence-corrected chi connectivity index (χ1v) is 6.30. The zero-order valence-electron chi connectivity index (χ0n) is 11.7. The second-order valence-corrected chi connectivity index (χ2v) is 3.73. The van der Waals surface area contributed by atoms with E-state index in [9.17, 15) is 0 Å². The zero-order chi connectivity index (χ0) is 13.3. The number of aliphatic imine (C=N–C) groups is 2. The van der Waals surface area contributed by atoms with Crippen molar-refractivity contribution >= 4 is 18.6 Å². The highest BCUT2D eigenvalue weighted by Crippen LogP contribution is 2.29. The molecule has 0 unspecified atom stereocenters. The van der Waals surface area contributed by atoms with E-state index in [0.717, 1.165) is 17.8 Å². The molecule has 0 aromatic heterocycles. The Morgan fingerprint density at radius 2 is 1.94 bits per heavy atom. The first-order chi connectivity index (χ1) is 8.20. The lowest BCUT2D eigenvalue weighted by atomic mass is 9.98. The lowest BCUT2D eigenvalue weighted by Crippen LogP contribution is -1.92. The van der Waals surface area contributed by atoms with Gasteiger partial charge in [-0.2, -0.15) is 0 Å². The molecule has 0 saturated heterocycles. The van der Waals surface area contributed by atoms with E-state index in [1.54, 1.807) is 0 Å². The summed E-state index contributed by atoms with van der Waals surface area (Å²) in [6.45, 7) is 14.8. The molecule has 0 aliphatic heterocycles. The van der Waals surface area contributed by atoms with Crippen LogP contribution in [0.1, 0.15) is 51.7 Å². The van der Waals surface area contributed by atoms with Gasteiger partial charge in [0.1, 0.15) is 0 Å². The summed E-state index contributed by atoms with van der Waals surface area (Å²) < 4.78 is 0. The van der Waals surface area contributed by atoms with Gasteiger partial charge in [-0.05, 0) is 25.1 Å². The third-order valence-corrected chi connectivity index (χ3v) is 2.29. The van der Waals surface area contributed by atoms with Crippen molar-refractivity contribution in [3.63, 3.8) is 0 Å². The molecular weight excluding hydrogens is 208 g/mol. The van der Waals surface area contributed by atoms with Gasteiger partial charge in [-0.1, -0.05) is 45.9 Å². The Bertz CT molecular complexity index is 365. The van der Waals surface area contributed by atoms with Gasteiger partial charge in [0.2, 0.25) is 0 Å². The normalized spacial score (nSPS) is 10.2. The maximum absolute atomic E-state index is 4.24. The van der Waals surface area contributed by atoms with Crippen LogP contribution in [0.5, 0.6) is 0 Å². The Labute approximate surface area is 106 Å². The van der Waals surface area contributed by atoms with Gasteiger partial charge >= 0.3 is 0 Å². The molecule has 1 rings (SSSR count). The molecule has 0 atom stereocenters. The molecule has 94 valence electrons. The second kappa shape index (κ2) is 8.68. The van der Waals surface area contributed by atoms with E-state index in [4.69, 9.17) is 0 Å². The first-order valence-electron chi connectivity index (χ1n) is 6.30. The predicted molar refractivity (Wildman–Crippen MR) is 79.2 cm³/mol. The van der Waals surface area contributed by atoms with Gasteiger partial charge < -0.3 is 0 Å². The summed E-state index contributed by atoms with van der Waals surface area (Å²) in [5.41, 5.74) is 3.24. The fourth-order valence-electron chi connectivity index (χ4n) is 1.52. The smallest absolute Gasteiger partial charge is 0.0744 e. The Kier molecular flexibility index (Phi) is 7.95. The average Bonchev–Trinajstić information content (AvgIpc) is 2.37. The summed E-state index contributed by atoms with van der Waals surface area (Å²) in [7, 11) is 0. The van der Waals surface area contributed by atoms with Gasteiger partial charge in [-0.3, -0.25) is 9.98 Å². The number of benzene rings is 1. The molecule has 0 N–H and O–H groups in total. The molecule has 0 aliphatic rings. The van der Waals surface area contributed by atoms with Crippen LogP contribution >= 0.6 is 0 Å². The highest BCUT2D eigenvalue weighted by molar-refractivity contribution is 5.88. The predicted octanol–water partition coefficient (Wildman–Crippen LogP) is 4.61. The van der Waals surface area contributed by atoms with Crippen molar-refractivity contribution in [1.82, 2.24) is 0 Å². The number of nitrogens with zero attached hydrogens (tertiary/aromatic N) is 2. The van der Waals surface area contributed by atoms with Gasteiger partial charge in [0.15, 0.2) is 0 Å². The molecule has 0 saturated carbocycles. The van der Waals surface area contributed by atoms with E-state index >= 15 is 0 Å². The molecule has 17 heavy (non-hydrogen) atoms. The molecular formula is C15H24N2. The maximum Gasteiger partial charge on any atom is 0.0744 e. The van der Waals surface area contributed by atoms with Crippen LogP contribution in [-0.4, -0.2) is 19.5 Å². The molecule has 2 nitrogen and oxygen atoms in total. The van der Waals surface area contributed by atoms with Crippen LogP contribution in [0.25, 0.3) is 0 Å². The fourth-order valence-corrected chi connectivity index (χ4v) is 1.52. The number of hydrogen-bond donors (Lipinski definition) is 0. The lowest BCUT2D eigenvalue weighted by molar-refractivity contribution is 0.867. The van der Waals surface area contributed by atoms with E-state index < -0.39 is 0 Å². The minimum Gasteiger partial charge on any atom is -0.293 e. The van der Waals surface area contributed by atoms with Gasteiger partial charge in [-0.25, -0.2) is 0 Å². The van der Waals surface area contributed by atoms with E-state index in [1.807, 2.05) is 39.1 Å². The van der Waals surface area contributed by atoms with Gasteiger partial charge in [0, 0.05) is 18.3 Å². The third-order valence-electron chi connectivity index (χ3n) is 2.29. The van der Waals surface area contributed by atoms with Crippen molar-refractivity contribution in [2.45, 2.75) is 40.5 Å². The van der Waals surface area contributed by atoms with Crippen LogP contribution in [0, 0.1) is 0 Å². The van der Waals surface area contributed by atoms with Crippen LogP contribution in [0.4, 0.5) is 5.69 Å². The third kappa shape index (κ3) is 4.51. The molecule has 0 spiro atoms. The SMILES string of the molecule is C=Nc1c(C=NCC)cccc1C(C)C.CC. The maximum atomic E-state index is 4.24. The van der Waals surface area contributed by atoms with Crippen molar-refractivity contribution in [3.05, 3.63) is 29.3 Å². The van der Waals surface area contributed by atoms with Gasteiger partial charge in [-0.15, -0.1) is 0 Å². The summed E-state index contributed by atoms with van der Waals surface area (Å²) in [6.07, 6.45) is 1.87. The Balaban J connectivity index is 0.00000121. The van der Waals surface area contributed by atoms with E-state index in [0.29, 0.717) is 5.92 Å². The quantitative estimate of drug-likeness (QED) is 0.677. The largest absolute Gasteiger partial charge is 0.293 e. The molecule has 1 aromatic rings. The Morgan fingerprint density at radius 1 is 1.29 bits per heavy atom. The van der Waals surface area contributed by atoms with Crippen molar-refractivity contribution in [3.8, 4) is 0 Å². The molecule has 2 heteroatoms. The topological polar surface area (TPSA) is 24.7 Å².